The first-order valence-corrected chi connectivity index (χ1v) is 15.1. The molecule has 2 fully saturated rings. The molecule has 2 atom stereocenters. The molecular weight excluding hydrogens is 507 g/mol. The van der Waals surface area contributed by atoms with E-state index in [9.17, 15) is 17.9 Å². The van der Waals surface area contributed by atoms with Gasteiger partial charge in [-0.1, -0.05) is 19.9 Å². The molecule has 2 aliphatic rings. The Bertz CT molecular complexity index is 1440. The molecule has 2 saturated heterocycles. The number of aromatic nitrogens is 3. The van der Waals surface area contributed by atoms with Crippen LogP contribution in [0.15, 0.2) is 36.7 Å². The van der Waals surface area contributed by atoms with Gasteiger partial charge in [0, 0.05) is 61.7 Å². The van der Waals surface area contributed by atoms with Gasteiger partial charge >= 0.3 is 0 Å². The average molecular weight is 543 g/mol. The highest BCUT2D eigenvalue weighted by Gasteiger charge is 2.43. The Morgan fingerprint density at radius 2 is 1.89 bits per heavy atom. The van der Waals surface area contributed by atoms with E-state index >= 15 is 0 Å². The summed E-state index contributed by atoms with van der Waals surface area (Å²) in [6.07, 6.45) is 3.94. The Morgan fingerprint density at radius 1 is 1.13 bits per heavy atom. The van der Waals surface area contributed by atoms with Gasteiger partial charge in [-0.15, -0.1) is 0 Å². The fourth-order valence-electron chi connectivity index (χ4n) is 5.40. The van der Waals surface area contributed by atoms with Crippen LogP contribution >= 0.6 is 0 Å². The van der Waals surface area contributed by atoms with Crippen molar-refractivity contribution >= 4 is 43.9 Å². The number of hydrogen-bond donors (Lipinski definition) is 2. The van der Waals surface area contributed by atoms with Crippen molar-refractivity contribution < 1.29 is 17.9 Å². The van der Waals surface area contributed by atoms with E-state index in [2.05, 4.69) is 51.1 Å². The molecule has 0 radical (unpaired) electrons. The monoisotopic (exact) mass is 542 g/mol. The van der Waals surface area contributed by atoms with Gasteiger partial charge < -0.3 is 20.2 Å². The van der Waals surface area contributed by atoms with Crippen molar-refractivity contribution in [2.24, 2.45) is 5.92 Å². The van der Waals surface area contributed by atoms with Gasteiger partial charge in [-0.25, -0.2) is 22.8 Å². The van der Waals surface area contributed by atoms with Crippen LogP contribution in [0.1, 0.15) is 38.7 Å². The first-order valence-electron chi connectivity index (χ1n) is 13.0. The van der Waals surface area contributed by atoms with E-state index in [0.717, 1.165) is 16.5 Å². The van der Waals surface area contributed by atoms with Crippen molar-refractivity contribution in [2.45, 2.75) is 44.9 Å². The summed E-state index contributed by atoms with van der Waals surface area (Å²) in [4.78, 5) is 17.5. The minimum Gasteiger partial charge on any atom is -0.390 e. The van der Waals surface area contributed by atoms with Crippen molar-refractivity contribution in [3.63, 3.8) is 0 Å². The summed E-state index contributed by atoms with van der Waals surface area (Å²) in [5.74, 6) is 2.23. The second kappa shape index (κ2) is 9.92. The van der Waals surface area contributed by atoms with Crippen LogP contribution in [-0.2, 0) is 9.84 Å². The normalized spacial score (nSPS) is 21.2. The van der Waals surface area contributed by atoms with Gasteiger partial charge in [0.05, 0.1) is 18.4 Å². The number of aliphatic hydroxyl groups is 1. The summed E-state index contributed by atoms with van der Waals surface area (Å²) in [6, 6.07) is 8.00. The van der Waals surface area contributed by atoms with Crippen LogP contribution in [0.4, 0.5) is 27.7 Å². The maximum atomic E-state index is 14.9. The zero-order valence-electron chi connectivity index (χ0n) is 22.2. The van der Waals surface area contributed by atoms with Gasteiger partial charge in [0.15, 0.2) is 5.67 Å². The lowest BCUT2D eigenvalue weighted by Gasteiger charge is -2.41. The lowest BCUT2D eigenvalue weighted by molar-refractivity contribution is 0.0191. The number of anilines is 4. The third kappa shape index (κ3) is 5.40. The van der Waals surface area contributed by atoms with Crippen LogP contribution in [0.5, 0.6) is 0 Å². The summed E-state index contributed by atoms with van der Waals surface area (Å²) < 4.78 is 38.2. The van der Waals surface area contributed by atoms with Crippen LogP contribution in [-0.4, -0.2) is 78.4 Å². The molecule has 5 rings (SSSR count). The maximum Gasteiger partial charge on any atom is 0.227 e. The Morgan fingerprint density at radius 3 is 2.55 bits per heavy atom. The van der Waals surface area contributed by atoms with E-state index < -0.39 is 21.6 Å². The van der Waals surface area contributed by atoms with Crippen molar-refractivity contribution in [1.82, 2.24) is 15.0 Å². The lowest BCUT2D eigenvalue weighted by Crippen LogP contribution is -2.49. The van der Waals surface area contributed by atoms with E-state index in [1.54, 1.807) is 17.2 Å². The largest absolute Gasteiger partial charge is 0.390 e. The minimum atomic E-state index is -2.99. The van der Waals surface area contributed by atoms with Crippen LogP contribution in [0.25, 0.3) is 10.8 Å². The number of halogens is 1. The van der Waals surface area contributed by atoms with Gasteiger partial charge in [-0.3, -0.25) is 0 Å². The number of sulfone groups is 1. The van der Waals surface area contributed by atoms with Crippen LogP contribution < -0.4 is 15.1 Å². The SMILES string of the molecule is CC(C)c1ccc(N2CC(CS(C)(=O)=O)C2)c2cnc(Nc3ccnc(N4CC[C@@](F)([C@H](C)O)C4)n3)cc12. The lowest BCUT2D eigenvalue weighted by atomic mass is 9.93. The molecule has 0 unspecified atom stereocenters. The second-order valence-corrected chi connectivity index (χ2v) is 13.2. The third-order valence-corrected chi connectivity index (χ3v) is 8.63. The summed E-state index contributed by atoms with van der Waals surface area (Å²) >= 11 is 0. The fraction of sp³-hybridized carbons (Fsp3) is 0.519. The highest BCUT2D eigenvalue weighted by molar-refractivity contribution is 7.90. The molecule has 204 valence electrons. The highest BCUT2D eigenvalue weighted by Crippen LogP contribution is 2.37. The molecule has 9 nitrogen and oxygen atoms in total. The molecule has 4 heterocycles. The highest BCUT2D eigenvalue weighted by atomic mass is 32.2. The molecule has 2 N–H and O–H groups in total. The molecule has 0 saturated carbocycles. The maximum absolute atomic E-state index is 14.9. The third-order valence-electron chi connectivity index (χ3n) is 7.55. The number of rotatable bonds is 8. The molecule has 3 aromatic rings. The summed E-state index contributed by atoms with van der Waals surface area (Å²) in [5, 5.41) is 15.2. The average Bonchev–Trinajstić information content (AvgIpc) is 3.24. The number of aliphatic hydroxyl groups excluding tert-OH is 1. The van der Waals surface area contributed by atoms with Crippen molar-refractivity contribution in [3.8, 4) is 0 Å². The molecule has 2 aliphatic heterocycles. The molecule has 2 aromatic heterocycles. The summed E-state index contributed by atoms with van der Waals surface area (Å²) in [7, 11) is -2.99. The van der Waals surface area contributed by atoms with Gasteiger partial charge in [0.2, 0.25) is 5.95 Å². The first kappa shape index (κ1) is 26.6. The zero-order valence-corrected chi connectivity index (χ0v) is 23.0. The number of nitrogens with one attached hydrogen (secondary N) is 1. The number of nitrogens with zero attached hydrogens (tertiary/aromatic N) is 5. The predicted octanol–water partition coefficient (Wildman–Crippen LogP) is 3.67. The number of hydrogen-bond acceptors (Lipinski definition) is 9. The molecule has 1 aromatic carbocycles. The van der Waals surface area contributed by atoms with Crippen LogP contribution in [0.2, 0.25) is 0 Å². The number of pyridine rings is 1. The standard InChI is InChI=1S/C27H35FN6O3S/c1-17(2)20-5-6-23(34-13-19(14-34)15-38(4,36)37)22-12-30-25(11-21(20)22)31-24-7-9-29-26(32-24)33-10-8-27(28,16-33)18(3)35/h5-7,9,11-12,17-19,35H,8,10,13-16H2,1-4H3,(H,29,30,31,32)/t18-,27-/m0/s1. The predicted molar refractivity (Wildman–Crippen MR) is 149 cm³/mol. The Balaban J connectivity index is 1.38. The van der Waals surface area contributed by atoms with Crippen molar-refractivity contribution in [2.75, 3.05) is 53.3 Å². The van der Waals surface area contributed by atoms with Gasteiger partial charge in [0.25, 0.3) is 0 Å². The Kier molecular flexibility index (Phi) is 6.93. The first-order chi connectivity index (χ1) is 17.9. The van der Waals surface area contributed by atoms with E-state index in [1.165, 1.54) is 18.7 Å². The molecule has 11 heteroatoms. The molecule has 0 spiro atoms. The van der Waals surface area contributed by atoms with E-state index in [0.29, 0.717) is 43.1 Å². The van der Waals surface area contributed by atoms with E-state index in [4.69, 9.17) is 0 Å². The Labute approximate surface area is 223 Å². The van der Waals surface area contributed by atoms with Gasteiger partial charge in [-0.05, 0) is 42.0 Å². The zero-order chi connectivity index (χ0) is 27.2. The number of fused-ring (bicyclic) bond motifs is 1. The molecule has 38 heavy (non-hydrogen) atoms. The molecular formula is C27H35FN6O3S. The van der Waals surface area contributed by atoms with Gasteiger partial charge in [0.1, 0.15) is 21.5 Å². The fourth-order valence-corrected chi connectivity index (χ4v) is 6.47. The van der Waals surface area contributed by atoms with Crippen molar-refractivity contribution in [1.29, 1.82) is 0 Å². The number of benzene rings is 1. The quantitative estimate of drug-likeness (QED) is 0.440. The molecule has 0 amide bonds. The van der Waals surface area contributed by atoms with E-state index in [-0.39, 0.29) is 24.6 Å². The van der Waals surface area contributed by atoms with Crippen LogP contribution in [0, 0.1) is 5.92 Å². The summed E-state index contributed by atoms with van der Waals surface area (Å²) in [6.45, 7) is 7.67. The number of alkyl halides is 1. The molecule has 0 aliphatic carbocycles. The van der Waals surface area contributed by atoms with E-state index in [1.807, 2.05) is 12.3 Å². The minimum absolute atomic E-state index is 0.0460. The van der Waals surface area contributed by atoms with Crippen LogP contribution in [0.3, 0.4) is 0 Å². The second-order valence-electron chi connectivity index (χ2n) is 11.1. The summed E-state index contributed by atoms with van der Waals surface area (Å²) in [5.41, 5.74) is 0.582. The Hall–Kier alpha value is -3.05. The van der Waals surface area contributed by atoms with Gasteiger partial charge in [-0.2, -0.15) is 4.98 Å². The topological polar surface area (TPSA) is 112 Å². The smallest absolute Gasteiger partial charge is 0.227 e. The molecule has 0 bridgehead atoms. The van der Waals surface area contributed by atoms with Crippen molar-refractivity contribution in [3.05, 3.63) is 42.2 Å².